The summed E-state index contributed by atoms with van der Waals surface area (Å²) in [6, 6.07) is 12.0. The second-order valence-corrected chi connectivity index (χ2v) is 8.12. The van der Waals surface area contributed by atoms with Gasteiger partial charge in [0.25, 0.3) is 5.56 Å². The molecule has 2 heterocycles. The molecule has 1 N–H and O–H groups in total. The standard InChI is InChI=1S/C23H20ClF3N4O2/c24-18-6-4-15(5-7-18)21-28-14-16(22(33)29-21)12-20(32)31-10-8-30(9-11-31)19-3-1-2-17(13-19)23(25,26)27/h1-7,13-14H,8-12H2,(H,28,29,33). The molecule has 1 aliphatic rings. The first kappa shape index (κ1) is 22.8. The lowest BCUT2D eigenvalue weighted by Gasteiger charge is -2.36. The van der Waals surface area contributed by atoms with E-state index in [0.29, 0.717) is 48.3 Å². The highest BCUT2D eigenvalue weighted by Gasteiger charge is 2.31. The van der Waals surface area contributed by atoms with Gasteiger partial charge in [-0.2, -0.15) is 13.2 Å². The van der Waals surface area contributed by atoms with Crippen LogP contribution in [0.2, 0.25) is 5.02 Å². The van der Waals surface area contributed by atoms with Crippen LogP contribution in [-0.4, -0.2) is 47.0 Å². The molecule has 0 spiro atoms. The lowest BCUT2D eigenvalue weighted by Crippen LogP contribution is -2.49. The summed E-state index contributed by atoms with van der Waals surface area (Å²) >= 11 is 5.87. The number of aromatic amines is 1. The monoisotopic (exact) mass is 476 g/mol. The number of aromatic nitrogens is 2. The van der Waals surface area contributed by atoms with E-state index in [2.05, 4.69) is 9.97 Å². The molecule has 2 aromatic carbocycles. The number of amides is 1. The molecule has 10 heteroatoms. The molecule has 0 saturated carbocycles. The van der Waals surface area contributed by atoms with E-state index in [9.17, 15) is 22.8 Å². The summed E-state index contributed by atoms with van der Waals surface area (Å²) in [7, 11) is 0. The highest BCUT2D eigenvalue weighted by atomic mass is 35.5. The number of piperazine rings is 1. The van der Waals surface area contributed by atoms with Gasteiger partial charge in [-0.15, -0.1) is 0 Å². The van der Waals surface area contributed by atoms with Crippen LogP contribution in [0.3, 0.4) is 0 Å². The van der Waals surface area contributed by atoms with Gasteiger partial charge in [0.1, 0.15) is 5.82 Å². The van der Waals surface area contributed by atoms with Gasteiger partial charge < -0.3 is 14.8 Å². The van der Waals surface area contributed by atoms with E-state index in [1.54, 1.807) is 35.2 Å². The Bertz CT molecular complexity index is 1200. The summed E-state index contributed by atoms with van der Waals surface area (Å²) in [5.41, 5.74) is 0.312. The maximum atomic E-state index is 13.0. The first-order valence-corrected chi connectivity index (χ1v) is 10.6. The summed E-state index contributed by atoms with van der Waals surface area (Å²) in [4.78, 5) is 35.5. The zero-order valence-electron chi connectivity index (χ0n) is 17.4. The van der Waals surface area contributed by atoms with E-state index >= 15 is 0 Å². The first-order valence-electron chi connectivity index (χ1n) is 10.2. The Kier molecular flexibility index (Phi) is 6.42. The maximum Gasteiger partial charge on any atom is 0.416 e. The van der Waals surface area contributed by atoms with Crippen molar-refractivity contribution < 1.29 is 18.0 Å². The first-order chi connectivity index (χ1) is 15.7. The van der Waals surface area contributed by atoms with Gasteiger partial charge in [-0.3, -0.25) is 9.59 Å². The lowest BCUT2D eigenvalue weighted by atomic mass is 10.1. The van der Waals surface area contributed by atoms with Crippen LogP contribution in [0.1, 0.15) is 11.1 Å². The third kappa shape index (κ3) is 5.36. The minimum atomic E-state index is -4.40. The molecule has 0 unspecified atom stereocenters. The number of nitrogens with one attached hydrogen (secondary N) is 1. The average Bonchev–Trinajstić information content (AvgIpc) is 2.80. The van der Waals surface area contributed by atoms with E-state index < -0.39 is 17.3 Å². The summed E-state index contributed by atoms with van der Waals surface area (Å²) in [5.74, 6) is 0.146. The summed E-state index contributed by atoms with van der Waals surface area (Å²) in [6.07, 6.45) is -3.12. The molecule has 1 aromatic heterocycles. The summed E-state index contributed by atoms with van der Waals surface area (Å²) < 4.78 is 38.9. The summed E-state index contributed by atoms with van der Waals surface area (Å²) in [6.45, 7) is 1.50. The van der Waals surface area contributed by atoms with Gasteiger partial charge in [0.2, 0.25) is 5.91 Å². The van der Waals surface area contributed by atoms with Crippen molar-refractivity contribution in [2.24, 2.45) is 0 Å². The van der Waals surface area contributed by atoms with Crippen molar-refractivity contribution in [3.63, 3.8) is 0 Å². The van der Waals surface area contributed by atoms with E-state index in [1.165, 1.54) is 12.3 Å². The van der Waals surface area contributed by atoms with E-state index in [4.69, 9.17) is 11.6 Å². The Morgan fingerprint density at radius 3 is 2.39 bits per heavy atom. The number of nitrogens with zero attached hydrogens (tertiary/aromatic N) is 3. The molecule has 0 radical (unpaired) electrons. The number of H-pyrrole nitrogens is 1. The Hall–Kier alpha value is -3.33. The fourth-order valence-corrected chi connectivity index (χ4v) is 3.80. The molecule has 1 saturated heterocycles. The highest BCUT2D eigenvalue weighted by Crippen LogP contribution is 2.31. The van der Waals surface area contributed by atoms with Crippen LogP contribution in [0, 0.1) is 0 Å². The van der Waals surface area contributed by atoms with Crippen molar-refractivity contribution in [3.8, 4) is 11.4 Å². The fraction of sp³-hybridized carbons (Fsp3) is 0.261. The van der Waals surface area contributed by atoms with Crippen LogP contribution < -0.4 is 10.5 Å². The lowest BCUT2D eigenvalue weighted by molar-refractivity contribution is -0.137. The minimum Gasteiger partial charge on any atom is -0.368 e. The fourth-order valence-electron chi connectivity index (χ4n) is 3.67. The second kappa shape index (κ2) is 9.27. The van der Waals surface area contributed by atoms with Gasteiger partial charge in [-0.1, -0.05) is 17.7 Å². The van der Waals surface area contributed by atoms with Crippen molar-refractivity contribution in [1.82, 2.24) is 14.9 Å². The Morgan fingerprint density at radius 2 is 1.76 bits per heavy atom. The Morgan fingerprint density at radius 1 is 1.06 bits per heavy atom. The quantitative estimate of drug-likeness (QED) is 0.618. The van der Waals surface area contributed by atoms with Crippen LogP contribution in [0.15, 0.2) is 59.5 Å². The van der Waals surface area contributed by atoms with Crippen molar-refractivity contribution >= 4 is 23.2 Å². The van der Waals surface area contributed by atoms with Gasteiger partial charge in [0.05, 0.1) is 12.0 Å². The highest BCUT2D eigenvalue weighted by molar-refractivity contribution is 6.30. The van der Waals surface area contributed by atoms with E-state index in [-0.39, 0.29) is 17.9 Å². The maximum absolute atomic E-state index is 13.0. The van der Waals surface area contributed by atoms with Crippen molar-refractivity contribution in [3.05, 3.63) is 81.2 Å². The van der Waals surface area contributed by atoms with E-state index in [1.807, 2.05) is 4.90 Å². The number of halogens is 4. The predicted molar refractivity (Wildman–Crippen MR) is 119 cm³/mol. The molecule has 33 heavy (non-hydrogen) atoms. The molecule has 1 fully saturated rings. The number of hydrogen-bond acceptors (Lipinski definition) is 4. The van der Waals surface area contributed by atoms with Crippen molar-refractivity contribution in [2.75, 3.05) is 31.1 Å². The molecule has 0 bridgehead atoms. The normalized spacial score (nSPS) is 14.4. The molecular formula is C23H20ClF3N4O2. The second-order valence-electron chi connectivity index (χ2n) is 7.69. The molecule has 172 valence electrons. The minimum absolute atomic E-state index is 0.104. The number of hydrogen-bond donors (Lipinski definition) is 1. The van der Waals surface area contributed by atoms with Gasteiger partial charge in [0.15, 0.2) is 0 Å². The van der Waals surface area contributed by atoms with Gasteiger partial charge in [0, 0.05) is 54.2 Å². The predicted octanol–water partition coefficient (Wildman–Crippen LogP) is 4.00. The SMILES string of the molecule is O=C(Cc1cnc(-c2ccc(Cl)cc2)[nH]c1=O)N1CCN(c2cccc(C(F)(F)F)c2)CC1. The molecule has 0 atom stereocenters. The smallest absolute Gasteiger partial charge is 0.368 e. The number of rotatable bonds is 4. The number of anilines is 1. The zero-order chi connectivity index (χ0) is 23.6. The van der Waals surface area contributed by atoms with Crippen molar-refractivity contribution in [2.45, 2.75) is 12.6 Å². The third-order valence-electron chi connectivity index (χ3n) is 5.50. The Balaban J connectivity index is 1.38. The van der Waals surface area contributed by atoms with Crippen LogP contribution >= 0.6 is 11.6 Å². The largest absolute Gasteiger partial charge is 0.416 e. The van der Waals surface area contributed by atoms with Crippen LogP contribution in [0.4, 0.5) is 18.9 Å². The van der Waals surface area contributed by atoms with Gasteiger partial charge >= 0.3 is 6.18 Å². The molecule has 3 aromatic rings. The Labute approximate surface area is 192 Å². The van der Waals surface area contributed by atoms with E-state index in [0.717, 1.165) is 12.1 Å². The van der Waals surface area contributed by atoms with Gasteiger partial charge in [-0.05, 0) is 42.5 Å². The molecule has 1 amide bonds. The molecular weight excluding hydrogens is 457 g/mol. The third-order valence-corrected chi connectivity index (χ3v) is 5.76. The van der Waals surface area contributed by atoms with Crippen molar-refractivity contribution in [1.29, 1.82) is 0 Å². The molecule has 6 nitrogen and oxygen atoms in total. The number of carbonyl (C=O) groups is 1. The molecule has 1 aliphatic heterocycles. The van der Waals surface area contributed by atoms with Crippen LogP contribution in [-0.2, 0) is 17.4 Å². The zero-order valence-corrected chi connectivity index (χ0v) is 18.2. The summed E-state index contributed by atoms with van der Waals surface area (Å²) in [5, 5.41) is 0.566. The van der Waals surface area contributed by atoms with Crippen LogP contribution in [0.5, 0.6) is 0 Å². The molecule has 4 rings (SSSR count). The van der Waals surface area contributed by atoms with Gasteiger partial charge in [-0.25, -0.2) is 4.98 Å². The van der Waals surface area contributed by atoms with Crippen LogP contribution in [0.25, 0.3) is 11.4 Å². The number of benzene rings is 2. The number of alkyl halides is 3. The topological polar surface area (TPSA) is 69.3 Å². The average molecular weight is 477 g/mol. The molecule has 0 aliphatic carbocycles. The number of carbonyl (C=O) groups excluding carboxylic acids is 1.